The lowest BCUT2D eigenvalue weighted by atomic mass is 9.84. The van der Waals surface area contributed by atoms with Crippen LogP contribution in [0.4, 0.5) is 4.39 Å². The molecule has 0 atom stereocenters. The number of methoxy groups -OCH3 is 1. The molecule has 0 amide bonds. The normalized spacial score (nSPS) is 13.3. The minimum Gasteiger partial charge on any atom is -0.493 e. The van der Waals surface area contributed by atoms with Crippen molar-refractivity contribution in [1.29, 1.82) is 5.41 Å². The van der Waals surface area contributed by atoms with E-state index in [9.17, 15) is 9.18 Å². The number of hydrogen-bond donors (Lipinski definition) is 2. The Morgan fingerprint density at radius 2 is 1.97 bits per heavy atom. The van der Waals surface area contributed by atoms with Gasteiger partial charge in [0.2, 0.25) is 0 Å². The Bertz CT molecular complexity index is 1010. The van der Waals surface area contributed by atoms with Crippen LogP contribution in [0.5, 0.6) is 11.5 Å². The van der Waals surface area contributed by atoms with Crippen LogP contribution in [0.15, 0.2) is 30.3 Å². The van der Waals surface area contributed by atoms with Gasteiger partial charge in [-0.25, -0.2) is 4.39 Å². The van der Waals surface area contributed by atoms with E-state index >= 15 is 0 Å². The topological polar surface area (TPSA) is 88.6 Å². The van der Waals surface area contributed by atoms with Gasteiger partial charge in [-0.15, -0.1) is 0 Å². The molecule has 0 radical (unpaired) electrons. The molecule has 0 unspecified atom stereocenters. The molecule has 6 nitrogen and oxygen atoms in total. The standard InChI is InChI=1S/C25H32FN3O3/c1-25(2,3)20-11-17(12-22(23(20)31-4)32-10-6-5-9-27)21(30)15-29-14-16-7-8-18(26)13-19(16)24(29)28/h7-8,11-13,28H,5-6,9-10,14-15,27H2,1-4H3. The highest BCUT2D eigenvalue weighted by molar-refractivity contribution is 6.05. The number of unbranched alkanes of at least 4 members (excludes halogenated alkanes) is 1. The number of nitrogens with zero attached hydrogens (tertiary/aromatic N) is 1. The Hall–Kier alpha value is -2.93. The third-order valence-electron chi connectivity index (χ3n) is 5.58. The lowest BCUT2D eigenvalue weighted by Crippen LogP contribution is -2.30. The number of nitrogens with one attached hydrogen (secondary N) is 1. The summed E-state index contributed by atoms with van der Waals surface area (Å²) in [5.41, 5.74) is 8.05. The molecule has 2 aromatic rings. The van der Waals surface area contributed by atoms with E-state index in [0.29, 0.717) is 42.3 Å². The minimum absolute atomic E-state index is 0.0255. The van der Waals surface area contributed by atoms with Crippen molar-refractivity contribution in [2.24, 2.45) is 5.73 Å². The van der Waals surface area contributed by atoms with Gasteiger partial charge in [0.05, 0.1) is 20.3 Å². The lowest BCUT2D eigenvalue weighted by molar-refractivity contribution is 0.0962. The number of halogens is 1. The van der Waals surface area contributed by atoms with Crippen LogP contribution in [0.25, 0.3) is 0 Å². The molecule has 1 aliphatic heterocycles. The second-order valence-electron chi connectivity index (χ2n) is 9.08. The highest BCUT2D eigenvalue weighted by atomic mass is 19.1. The number of benzene rings is 2. The lowest BCUT2D eigenvalue weighted by Gasteiger charge is -2.25. The fourth-order valence-corrected chi connectivity index (χ4v) is 3.83. The molecular formula is C25H32FN3O3. The third-order valence-corrected chi connectivity index (χ3v) is 5.58. The van der Waals surface area contributed by atoms with Gasteiger partial charge in [0.1, 0.15) is 11.7 Å². The zero-order valence-corrected chi connectivity index (χ0v) is 19.3. The van der Waals surface area contributed by atoms with Crippen LogP contribution in [0.3, 0.4) is 0 Å². The van der Waals surface area contributed by atoms with Gasteiger partial charge < -0.3 is 20.1 Å². The van der Waals surface area contributed by atoms with Gasteiger partial charge in [-0.1, -0.05) is 26.8 Å². The number of amidine groups is 1. The molecule has 32 heavy (non-hydrogen) atoms. The molecule has 7 heteroatoms. The van der Waals surface area contributed by atoms with Crippen LogP contribution in [0, 0.1) is 11.2 Å². The summed E-state index contributed by atoms with van der Waals surface area (Å²) in [5, 5.41) is 8.37. The van der Waals surface area contributed by atoms with E-state index in [-0.39, 0.29) is 29.4 Å². The number of rotatable bonds is 9. The molecule has 3 rings (SSSR count). The first-order chi connectivity index (χ1) is 15.2. The van der Waals surface area contributed by atoms with Crippen LogP contribution in [-0.2, 0) is 12.0 Å². The average molecular weight is 442 g/mol. The zero-order valence-electron chi connectivity index (χ0n) is 19.3. The third kappa shape index (κ3) is 5.10. The fraction of sp³-hybridized carbons (Fsp3) is 0.440. The zero-order chi connectivity index (χ0) is 23.5. The molecule has 172 valence electrons. The number of fused-ring (bicyclic) bond motifs is 1. The smallest absolute Gasteiger partial charge is 0.182 e. The van der Waals surface area contributed by atoms with E-state index in [1.54, 1.807) is 24.1 Å². The van der Waals surface area contributed by atoms with Crippen LogP contribution in [0.2, 0.25) is 0 Å². The summed E-state index contributed by atoms with van der Waals surface area (Å²) in [5.74, 6) is 0.794. The van der Waals surface area contributed by atoms with Crippen molar-refractivity contribution in [3.05, 3.63) is 58.4 Å². The maximum absolute atomic E-state index is 13.6. The number of Topliss-reactive ketones (excluding diaryl/α,β-unsaturated/α-hetero) is 1. The number of carbonyl (C=O) groups is 1. The van der Waals surface area contributed by atoms with E-state index in [1.807, 2.05) is 6.07 Å². The average Bonchev–Trinajstić information content (AvgIpc) is 3.04. The highest BCUT2D eigenvalue weighted by Crippen LogP contribution is 2.40. The first-order valence-corrected chi connectivity index (χ1v) is 10.9. The Balaban J connectivity index is 1.87. The molecule has 3 N–H and O–H groups in total. The van der Waals surface area contributed by atoms with Crippen molar-refractivity contribution in [3.8, 4) is 11.5 Å². The molecule has 1 heterocycles. The van der Waals surface area contributed by atoms with Crippen LogP contribution in [0.1, 0.15) is 60.7 Å². The van der Waals surface area contributed by atoms with Crippen LogP contribution < -0.4 is 15.2 Å². The van der Waals surface area contributed by atoms with Gasteiger partial charge in [-0.2, -0.15) is 0 Å². The molecule has 0 bridgehead atoms. The monoisotopic (exact) mass is 441 g/mol. The van der Waals surface area contributed by atoms with Crippen molar-refractivity contribution in [2.75, 3.05) is 26.8 Å². The molecule has 0 fully saturated rings. The second kappa shape index (κ2) is 9.69. The highest BCUT2D eigenvalue weighted by Gasteiger charge is 2.29. The number of carbonyl (C=O) groups excluding carboxylic acids is 1. The summed E-state index contributed by atoms with van der Waals surface area (Å²) < 4.78 is 25.2. The predicted octanol–water partition coefficient (Wildman–Crippen LogP) is 4.27. The molecule has 0 aliphatic carbocycles. The van der Waals surface area contributed by atoms with E-state index in [1.165, 1.54) is 12.1 Å². The second-order valence-corrected chi connectivity index (χ2v) is 9.08. The molecule has 0 saturated carbocycles. The van der Waals surface area contributed by atoms with Crippen LogP contribution >= 0.6 is 0 Å². The van der Waals surface area contributed by atoms with Gasteiger partial charge in [-0.05, 0) is 54.6 Å². The predicted molar refractivity (Wildman–Crippen MR) is 123 cm³/mol. The molecule has 0 aromatic heterocycles. The number of hydrogen-bond acceptors (Lipinski definition) is 5. The van der Waals surface area contributed by atoms with Gasteiger partial charge in [0, 0.05) is 23.2 Å². The molecule has 2 aromatic carbocycles. The summed E-state index contributed by atoms with van der Waals surface area (Å²) in [6.45, 7) is 7.67. The maximum Gasteiger partial charge on any atom is 0.182 e. The van der Waals surface area contributed by atoms with E-state index in [0.717, 1.165) is 24.0 Å². The summed E-state index contributed by atoms with van der Waals surface area (Å²) in [6.07, 6.45) is 1.66. The van der Waals surface area contributed by atoms with Crippen molar-refractivity contribution < 1.29 is 18.7 Å². The largest absolute Gasteiger partial charge is 0.493 e. The quantitative estimate of drug-likeness (QED) is 0.448. The number of ether oxygens (including phenoxy) is 2. The first-order valence-electron chi connectivity index (χ1n) is 10.9. The SMILES string of the molecule is COc1c(OCCCCN)cc(C(=O)CN2Cc3ccc(F)cc3C2=N)cc1C(C)(C)C. The Kier molecular flexibility index (Phi) is 7.19. The summed E-state index contributed by atoms with van der Waals surface area (Å²) in [7, 11) is 1.60. The van der Waals surface area contributed by atoms with Gasteiger partial charge >= 0.3 is 0 Å². The fourth-order valence-electron chi connectivity index (χ4n) is 3.83. The van der Waals surface area contributed by atoms with Crippen molar-refractivity contribution >= 4 is 11.6 Å². The Morgan fingerprint density at radius 1 is 1.22 bits per heavy atom. The van der Waals surface area contributed by atoms with Crippen molar-refractivity contribution in [1.82, 2.24) is 4.90 Å². The summed E-state index contributed by atoms with van der Waals surface area (Å²) in [4.78, 5) is 14.9. The minimum atomic E-state index is -0.386. The number of ketones is 1. The summed E-state index contributed by atoms with van der Waals surface area (Å²) >= 11 is 0. The first kappa shape index (κ1) is 23.7. The van der Waals surface area contributed by atoms with Gasteiger partial charge in [0.15, 0.2) is 17.3 Å². The van der Waals surface area contributed by atoms with Crippen molar-refractivity contribution in [2.45, 2.75) is 45.6 Å². The van der Waals surface area contributed by atoms with Crippen LogP contribution in [-0.4, -0.2) is 43.3 Å². The maximum atomic E-state index is 13.6. The van der Waals surface area contributed by atoms with E-state index in [2.05, 4.69) is 20.8 Å². The van der Waals surface area contributed by atoms with Crippen molar-refractivity contribution in [3.63, 3.8) is 0 Å². The van der Waals surface area contributed by atoms with Gasteiger partial charge in [0.25, 0.3) is 0 Å². The molecular weight excluding hydrogens is 409 g/mol. The van der Waals surface area contributed by atoms with E-state index in [4.69, 9.17) is 20.6 Å². The number of nitrogens with two attached hydrogens (primary N) is 1. The molecule has 0 spiro atoms. The van der Waals surface area contributed by atoms with E-state index < -0.39 is 0 Å². The molecule has 0 saturated heterocycles. The molecule has 1 aliphatic rings. The Morgan fingerprint density at radius 3 is 2.62 bits per heavy atom. The summed E-state index contributed by atoms with van der Waals surface area (Å²) in [6, 6.07) is 7.96. The Labute approximate surface area is 189 Å². The van der Waals surface area contributed by atoms with Gasteiger partial charge in [-0.3, -0.25) is 10.2 Å².